The summed E-state index contributed by atoms with van der Waals surface area (Å²) in [6.07, 6.45) is 2.95. The number of nitrogens with zero attached hydrogens (tertiary/aromatic N) is 1. The number of nitrogens with one attached hydrogen (secondary N) is 1. The number of hydrogen-bond donors (Lipinski definition) is 1. The molecule has 0 aromatic carbocycles. The highest BCUT2D eigenvalue weighted by molar-refractivity contribution is 7.92. The molecule has 0 saturated carbocycles. The molecule has 100 valence electrons. The molecule has 1 aliphatic heterocycles. The van der Waals surface area contributed by atoms with Gasteiger partial charge >= 0.3 is 0 Å². The average molecular weight is 262 g/mol. The lowest BCUT2D eigenvalue weighted by Gasteiger charge is -2.28. The second kappa shape index (κ2) is 4.94. The van der Waals surface area contributed by atoms with Crippen molar-refractivity contribution in [2.45, 2.75) is 44.4 Å². The smallest absolute Gasteiger partial charge is 0.240 e. The third kappa shape index (κ3) is 3.19. The molecular weight excluding hydrogens is 240 g/mol. The molecule has 0 aliphatic carbocycles. The van der Waals surface area contributed by atoms with Crippen molar-refractivity contribution in [3.63, 3.8) is 0 Å². The van der Waals surface area contributed by atoms with Crippen LogP contribution in [0.5, 0.6) is 0 Å². The molecule has 1 atom stereocenters. The first-order valence-corrected chi connectivity index (χ1v) is 7.80. The van der Waals surface area contributed by atoms with Crippen LogP contribution in [0.4, 0.5) is 0 Å². The Balaban J connectivity index is 2.69. The number of rotatable bonds is 5. The third-order valence-corrected chi connectivity index (χ3v) is 5.43. The zero-order valence-electron chi connectivity index (χ0n) is 11.0. The van der Waals surface area contributed by atoms with E-state index in [0.717, 1.165) is 12.8 Å². The van der Waals surface area contributed by atoms with Crippen LogP contribution in [-0.2, 0) is 14.6 Å². The normalized spacial score (nSPS) is 22.2. The van der Waals surface area contributed by atoms with Crippen molar-refractivity contribution in [1.82, 2.24) is 10.2 Å². The van der Waals surface area contributed by atoms with Gasteiger partial charge in [-0.25, -0.2) is 8.42 Å². The van der Waals surface area contributed by atoms with Gasteiger partial charge in [0.05, 0.1) is 17.5 Å². The summed E-state index contributed by atoms with van der Waals surface area (Å²) in [5.74, 6) is 0.0172. The Labute approximate surface area is 103 Å². The van der Waals surface area contributed by atoms with Crippen LogP contribution < -0.4 is 5.32 Å². The number of carbonyl (C=O) groups excluding carboxylic acids is 1. The predicted octanol–water partition coefficient (Wildman–Crippen LogP) is 0.368. The second-order valence-electron chi connectivity index (χ2n) is 5.27. The van der Waals surface area contributed by atoms with E-state index in [1.165, 1.54) is 6.26 Å². The van der Waals surface area contributed by atoms with Gasteiger partial charge in [-0.05, 0) is 20.3 Å². The van der Waals surface area contributed by atoms with Gasteiger partial charge in [0.1, 0.15) is 0 Å². The highest BCUT2D eigenvalue weighted by Gasteiger charge is 2.38. The molecule has 1 N–H and O–H groups in total. The van der Waals surface area contributed by atoms with Gasteiger partial charge in [-0.3, -0.25) is 10.1 Å². The fraction of sp³-hybridized carbons (Fsp3) is 0.909. The summed E-state index contributed by atoms with van der Waals surface area (Å²) in [7, 11) is -3.16. The van der Waals surface area contributed by atoms with Crippen molar-refractivity contribution < 1.29 is 13.2 Å². The Morgan fingerprint density at radius 3 is 2.53 bits per heavy atom. The molecule has 1 amide bonds. The minimum atomic E-state index is -3.16. The van der Waals surface area contributed by atoms with E-state index in [9.17, 15) is 13.2 Å². The number of sulfone groups is 1. The van der Waals surface area contributed by atoms with Gasteiger partial charge in [-0.2, -0.15) is 0 Å². The maximum atomic E-state index is 12.0. The van der Waals surface area contributed by atoms with Gasteiger partial charge in [0, 0.05) is 12.8 Å². The van der Waals surface area contributed by atoms with Crippen LogP contribution in [0.15, 0.2) is 0 Å². The Bertz CT molecular complexity index is 390. The van der Waals surface area contributed by atoms with Crippen LogP contribution in [-0.4, -0.2) is 49.5 Å². The van der Waals surface area contributed by atoms with Crippen LogP contribution in [0.3, 0.4) is 0 Å². The van der Waals surface area contributed by atoms with E-state index in [0.29, 0.717) is 6.67 Å². The minimum Gasteiger partial charge on any atom is -0.327 e. The van der Waals surface area contributed by atoms with E-state index in [1.54, 1.807) is 18.7 Å². The third-order valence-electron chi connectivity index (χ3n) is 3.29. The van der Waals surface area contributed by atoms with Crippen LogP contribution in [0.1, 0.15) is 33.6 Å². The number of amides is 1. The van der Waals surface area contributed by atoms with Gasteiger partial charge < -0.3 is 4.90 Å². The quantitative estimate of drug-likeness (QED) is 0.777. The average Bonchev–Trinajstić information content (AvgIpc) is 2.48. The summed E-state index contributed by atoms with van der Waals surface area (Å²) in [6.45, 7) is 6.03. The van der Waals surface area contributed by atoms with Gasteiger partial charge in [-0.15, -0.1) is 0 Å². The molecule has 17 heavy (non-hydrogen) atoms. The lowest BCUT2D eigenvalue weighted by Crippen LogP contribution is -2.45. The first kappa shape index (κ1) is 14.4. The Morgan fingerprint density at radius 2 is 2.06 bits per heavy atom. The van der Waals surface area contributed by atoms with Crippen molar-refractivity contribution in [2.24, 2.45) is 0 Å². The van der Waals surface area contributed by atoms with Crippen LogP contribution in [0, 0.1) is 0 Å². The predicted molar refractivity (Wildman–Crippen MR) is 67.3 cm³/mol. The zero-order valence-corrected chi connectivity index (χ0v) is 11.8. The molecule has 0 aromatic heterocycles. The molecule has 5 nitrogen and oxygen atoms in total. The lowest BCUT2D eigenvalue weighted by atomic mass is 10.1. The second-order valence-corrected chi connectivity index (χ2v) is 7.92. The van der Waals surface area contributed by atoms with Gasteiger partial charge in [0.25, 0.3) is 0 Å². The SMILES string of the molecule is CCCC1NCN(CC(C)(C)S(C)(=O)=O)C1=O. The highest BCUT2D eigenvalue weighted by atomic mass is 32.2. The van der Waals surface area contributed by atoms with Crippen molar-refractivity contribution >= 4 is 15.7 Å². The molecule has 1 heterocycles. The summed E-state index contributed by atoms with van der Waals surface area (Å²) in [4.78, 5) is 13.6. The van der Waals surface area contributed by atoms with Crippen LogP contribution in [0.2, 0.25) is 0 Å². The number of carbonyl (C=O) groups is 1. The molecule has 0 bridgehead atoms. The first-order valence-electron chi connectivity index (χ1n) is 5.91. The summed E-state index contributed by atoms with van der Waals surface area (Å²) < 4.78 is 22.3. The lowest BCUT2D eigenvalue weighted by molar-refractivity contribution is -0.129. The molecule has 1 saturated heterocycles. The molecule has 1 rings (SSSR count). The largest absolute Gasteiger partial charge is 0.327 e. The monoisotopic (exact) mass is 262 g/mol. The van der Waals surface area contributed by atoms with Crippen molar-refractivity contribution in [2.75, 3.05) is 19.5 Å². The first-order chi connectivity index (χ1) is 7.69. The summed E-state index contributed by atoms with van der Waals surface area (Å²) in [6, 6.07) is -0.143. The highest BCUT2D eigenvalue weighted by Crippen LogP contribution is 2.19. The Morgan fingerprint density at radius 1 is 1.47 bits per heavy atom. The summed E-state index contributed by atoms with van der Waals surface area (Å²) >= 11 is 0. The fourth-order valence-electron chi connectivity index (χ4n) is 1.83. The molecule has 1 fully saturated rings. The maximum absolute atomic E-state index is 12.0. The topological polar surface area (TPSA) is 66.5 Å². The zero-order chi connectivity index (χ0) is 13.3. The summed E-state index contributed by atoms with van der Waals surface area (Å²) in [5.41, 5.74) is 0. The van der Waals surface area contributed by atoms with E-state index >= 15 is 0 Å². The van der Waals surface area contributed by atoms with E-state index < -0.39 is 14.6 Å². The molecule has 1 unspecified atom stereocenters. The van der Waals surface area contributed by atoms with Gasteiger partial charge in [0.2, 0.25) is 5.91 Å². The van der Waals surface area contributed by atoms with Gasteiger partial charge in [0.15, 0.2) is 9.84 Å². The van der Waals surface area contributed by atoms with Crippen molar-refractivity contribution in [3.8, 4) is 0 Å². The standard InChI is InChI=1S/C11H22N2O3S/c1-5-6-9-10(14)13(8-12-9)7-11(2,3)17(4,15)16/h9,12H,5-8H2,1-4H3. The van der Waals surface area contributed by atoms with E-state index in [1.807, 2.05) is 6.92 Å². The van der Waals surface area contributed by atoms with Crippen molar-refractivity contribution in [1.29, 1.82) is 0 Å². The number of hydrogen-bond acceptors (Lipinski definition) is 4. The van der Waals surface area contributed by atoms with E-state index in [-0.39, 0.29) is 18.5 Å². The molecule has 6 heteroatoms. The Hall–Kier alpha value is -0.620. The minimum absolute atomic E-state index is 0.0172. The fourth-order valence-corrected chi connectivity index (χ4v) is 2.22. The maximum Gasteiger partial charge on any atom is 0.240 e. The van der Waals surface area contributed by atoms with Crippen molar-refractivity contribution in [3.05, 3.63) is 0 Å². The molecular formula is C11H22N2O3S. The Kier molecular flexibility index (Phi) is 4.19. The van der Waals surface area contributed by atoms with E-state index in [2.05, 4.69) is 5.32 Å². The summed E-state index contributed by atoms with van der Waals surface area (Å²) in [5, 5.41) is 3.11. The molecule has 1 aliphatic rings. The molecule has 0 spiro atoms. The molecule has 0 radical (unpaired) electrons. The van der Waals surface area contributed by atoms with Gasteiger partial charge in [-0.1, -0.05) is 13.3 Å². The van der Waals surface area contributed by atoms with E-state index in [4.69, 9.17) is 0 Å². The van der Waals surface area contributed by atoms with Crippen LogP contribution in [0.25, 0.3) is 0 Å². The molecule has 0 aromatic rings. The van der Waals surface area contributed by atoms with Crippen LogP contribution >= 0.6 is 0 Å².